The molecule has 0 aliphatic heterocycles. The van der Waals surface area contributed by atoms with Crippen LogP contribution in [0, 0.1) is 0 Å². The van der Waals surface area contributed by atoms with Crippen LogP contribution in [0.3, 0.4) is 0 Å². The molecule has 1 atom stereocenters. The fourth-order valence-corrected chi connectivity index (χ4v) is 10.0. The lowest BCUT2D eigenvalue weighted by atomic mass is 9.82. The Morgan fingerprint density at radius 2 is 1.10 bits per heavy atom. The Kier molecular flexibility index (Phi) is 9.10. The van der Waals surface area contributed by atoms with Crippen LogP contribution in [0.4, 0.5) is 28.4 Å². The Bertz CT molecular complexity index is 3180. The van der Waals surface area contributed by atoms with Gasteiger partial charge in [-0.3, -0.25) is 0 Å². The summed E-state index contributed by atoms with van der Waals surface area (Å²) in [5.41, 5.74) is 17.8. The SMILES string of the molecule is CC1(C)c2ccccc2-c2ccc(N(c3ccccc3)c3cc(-c4ccc5c(c4)c4cc(P)ccc4n5-c4ccccc4)cc(N(C4=CCCC=C4)c4ccccc4)c3)cc21. The molecule has 0 amide bonds. The largest absolute Gasteiger partial charge is 0.311 e. The van der Waals surface area contributed by atoms with Crippen molar-refractivity contribution in [3.05, 3.63) is 223 Å². The number of allylic oxidation sites excluding steroid dienone is 3. The Labute approximate surface area is 360 Å². The van der Waals surface area contributed by atoms with Crippen molar-refractivity contribution in [3.8, 4) is 27.9 Å². The van der Waals surface area contributed by atoms with Crippen molar-refractivity contribution in [2.45, 2.75) is 32.1 Å². The number of fused-ring (bicyclic) bond motifs is 6. The van der Waals surface area contributed by atoms with Gasteiger partial charge in [0.2, 0.25) is 0 Å². The molecule has 0 fully saturated rings. The lowest BCUT2D eigenvalue weighted by molar-refractivity contribution is 0.660. The molecule has 3 nitrogen and oxygen atoms in total. The summed E-state index contributed by atoms with van der Waals surface area (Å²) < 4.78 is 2.39. The first-order valence-corrected chi connectivity index (χ1v) is 21.9. The van der Waals surface area contributed by atoms with Gasteiger partial charge in [-0.05, 0) is 149 Å². The van der Waals surface area contributed by atoms with Crippen LogP contribution < -0.4 is 15.1 Å². The van der Waals surface area contributed by atoms with E-state index in [1.54, 1.807) is 0 Å². The van der Waals surface area contributed by atoms with Crippen LogP contribution in [0.15, 0.2) is 212 Å². The van der Waals surface area contributed by atoms with E-state index in [0.717, 1.165) is 58.1 Å². The van der Waals surface area contributed by atoms with Crippen molar-refractivity contribution < 1.29 is 0 Å². The minimum Gasteiger partial charge on any atom is -0.311 e. The van der Waals surface area contributed by atoms with Gasteiger partial charge in [0.05, 0.1) is 11.0 Å². The smallest absolute Gasteiger partial charge is 0.0541 e. The summed E-state index contributed by atoms with van der Waals surface area (Å²) in [6, 6.07) is 69.2. The first kappa shape index (κ1) is 37.1. The van der Waals surface area contributed by atoms with Crippen molar-refractivity contribution in [1.82, 2.24) is 4.57 Å². The predicted octanol–water partition coefficient (Wildman–Crippen LogP) is 15.1. The summed E-state index contributed by atoms with van der Waals surface area (Å²) in [5, 5.41) is 3.63. The number of benzene rings is 8. The number of hydrogen-bond donors (Lipinski definition) is 0. The average molecular weight is 804 g/mol. The lowest BCUT2D eigenvalue weighted by Crippen LogP contribution is -2.18. The second-order valence-corrected chi connectivity index (χ2v) is 17.4. The van der Waals surface area contributed by atoms with E-state index < -0.39 is 0 Å². The van der Waals surface area contributed by atoms with Gasteiger partial charge in [0.1, 0.15) is 0 Å². The van der Waals surface area contributed by atoms with E-state index in [0.29, 0.717) is 0 Å². The Morgan fingerprint density at radius 3 is 1.82 bits per heavy atom. The van der Waals surface area contributed by atoms with Crippen LogP contribution in [0.5, 0.6) is 0 Å². The number of aromatic nitrogens is 1. The van der Waals surface area contributed by atoms with Gasteiger partial charge < -0.3 is 14.4 Å². The van der Waals surface area contributed by atoms with Crippen molar-refractivity contribution in [2.75, 3.05) is 9.80 Å². The van der Waals surface area contributed by atoms with E-state index in [2.05, 4.69) is 244 Å². The van der Waals surface area contributed by atoms with Gasteiger partial charge in [-0.1, -0.05) is 123 Å². The molecule has 1 heterocycles. The van der Waals surface area contributed by atoms with Crippen molar-refractivity contribution in [2.24, 2.45) is 0 Å². The summed E-state index contributed by atoms with van der Waals surface area (Å²) in [7, 11) is 2.91. The minimum atomic E-state index is -0.133. The normalized spacial score (nSPS) is 13.9. The highest BCUT2D eigenvalue weighted by Gasteiger charge is 2.36. The molecule has 9 aromatic rings. The van der Waals surface area contributed by atoms with E-state index in [1.165, 1.54) is 55.1 Å². The number of anilines is 5. The zero-order valence-corrected chi connectivity index (χ0v) is 35.6. The molecule has 0 bridgehead atoms. The highest BCUT2D eigenvalue weighted by Crippen LogP contribution is 2.51. The molecule has 2 aliphatic rings. The summed E-state index contributed by atoms with van der Waals surface area (Å²) >= 11 is 0. The van der Waals surface area contributed by atoms with Crippen molar-refractivity contribution in [1.29, 1.82) is 0 Å². The van der Waals surface area contributed by atoms with Crippen molar-refractivity contribution in [3.63, 3.8) is 0 Å². The fourth-order valence-electron chi connectivity index (χ4n) is 9.74. The molecular weight excluding hydrogens is 758 g/mol. The number of para-hydroxylation sites is 3. The lowest BCUT2D eigenvalue weighted by Gasteiger charge is -2.32. The predicted molar refractivity (Wildman–Crippen MR) is 263 cm³/mol. The highest BCUT2D eigenvalue weighted by atomic mass is 31.0. The van der Waals surface area contributed by atoms with Gasteiger partial charge in [-0.25, -0.2) is 0 Å². The summed E-state index contributed by atoms with van der Waals surface area (Å²) in [4.78, 5) is 4.87. The third kappa shape index (κ3) is 6.40. The highest BCUT2D eigenvalue weighted by molar-refractivity contribution is 7.27. The molecule has 294 valence electrons. The maximum absolute atomic E-state index is 2.91. The molecule has 61 heavy (non-hydrogen) atoms. The topological polar surface area (TPSA) is 11.4 Å². The fraction of sp³-hybridized carbons (Fsp3) is 0.0877. The van der Waals surface area contributed by atoms with E-state index in [9.17, 15) is 0 Å². The standard InChI is InChI=1S/C57H46N3P/c1-57(2)53-26-16-15-25-49(53)50-30-28-45(37-54(50)57)59(43-21-11-5-12-22-43)47-34-40(33-46(36-47)58(41-17-7-3-8-18-41)42-19-9-4-10-20-42)39-27-31-55-51(35-39)52-38-48(61)29-32-56(52)60(55)44-23-13-6-14-24-44/h3,5-9,11-38H,4,10,61H2,1-2H3. The zero-order chi connectivity index (χ0) is 41.1. The molecule has 0 saturated carbocycles. The molecule has 8 aromatic carbocycles. The molecule has 11 rings (SSSR count). The number of nitrogens with zero attached hydrogens (tertiary/aromatic N) is 3. The van der Waals surface area contributed by atoms with E-state index in [4.69, 9.17) is 0 Å². The number of rotatable bonds is 8. The molecule has 0 saturated heterocycles. The monoisotopic (exact) mass is 803 g/mol. The van der Waals surface area contributed by atoms with E-state index in [-0.39, 0.29) is 5.41 Å². The molecule has 0 spiro atoms. The van der Waals surface area contributed by atoms with Crippen LogP contribution in [0.1, 0.15) is 37.8 Å². The minimum absolute atomic E-state index is 0.133. The van der Waals surface area contributed by atoms with Crippen LogP contribution in [-0.4, -0.2) is 4.57 Å². The van der Waals surface area contributed by atoms with Crippen LogP contribution in [0.2, 0.25) is 0 Å². The third-order valence-corrected chi connectivity index (χ3v) is 13.0. The van der Waals surface area contributed by atoms with Crippen LogP contribution in [0.25, 0.3) is 49.7 Å². The van der Waals surface area contributed by atoms with E-state index in [1.807, 2.05) is 0 Å². The summed E-state index contributed by atoms with van der Waals surface area (Å²) in [6.07, 6.45) is 9.01. The molecule has 4 heteroatoms. The first-order valence-electron chi connectivity index (χ1n) is 21.3. The molecule has 1 aromatic heterocycles. The van der Waals surface area contributed by atoms with Gasteiger partial charge >= 0.3 is 0 Å². The first-order chi connectivity index (χ1) is 29.9. The third-order valence-electron chi connectivity index (χ3n) is 12.6. The Morgan fingerprint density at radius 1 is 0.475 bits per heavy atom. The maximum atomic E-state index is 2.91. The molecule has 0 radical (unpaired) electrons. The van der Waals surface area contributed by atoms with Gasteiger partial charge in [0.15, 0.2) is 0 Å². The average Bonchev–Trinajstić information content (AvgIpc) is 3.75. The summed E-state index contributed by atoms with van der Waals surface area (Å²) in [6.45, 7) is 4.72. The number of hydrogen-bond acceptors (Lipinski definition) is 2. The molecule has 2 aliphatic carbocycles. The van der Waals surface area contributed by atoms with Gasteiger partial charge in [-0.2, -0.15) is 0 Å². The quantitative estimate of drug-likeness (QED) is 0.142. The van der Waals surface area contributed by atoms with Gasteiger partial charge in [0, 0.05) is 56.0 Å². The maximum Gasteiger partial charge on any atom is 0.0541 e. The Balaban J connectivity index is 1.16. The summed E-state index contributed by atoms with van der Waals surface area (Å²) in [5.74, 6) is 0. The van der Waals surface area contributed by atoms with Crippen LogP contribution >= 0.6 is 9.24 Å². The molecule has 1 unspecified atom stereocenters. The second-order valence-electron chi connectivity index (χ2n) is 16.8. The molecular formula is C57H46N3P. The molecule has 0 N–H and O–H groups in total. The van der Waals surface area contributed by atoms with Crippen LogP contribution in [-0.2, 0) is 5.41 Å². The van der Waals surface area contributed by atoms with Crippen molar-refractivity contribution >= 4 is 64.8 Å². The Hall–Kier alpha value is -6.93. The zero-order valence-electron chi connectivity index (χ0n) is 34.5. The van der Waals surface area contributed by atoms with E-state index >= 15 is 0 Å². The van der Waals surface area contributed by atoms with Gasteiger partial charge in [-0.15, -0.1) is 9.24 Å². The second kappa shape index (κ2) is 15.0. The van der Waals surface area contributed by atoms with Gasteiger partial charge in [0.25, 0.3) is 0 Å².